The molecule has 0 amide bonds. The van der Waals surface area contributed by atoms with Crippen molar-refractivity contribution in [2.24, 2.45) is 4.99 Å². The van der Waals surface area contributed by atoms with Crippen LogP contribution in [-0.2, 0) is 12.0 Å². The van der Waals surface area contributed by atoms with Gasteiger partial charge in [0.2, 0.25) is 0 Å². The van der Waals surface area contributed by atoms with E-state index in [1.54, 1.807) is 29.6 Å². The molecule has 0 bridgehead atoms. The van der Waals surface area contributed by atoms with Crippen molar-refractivity contribution in [3.63, 3.8) is 0 Å². The molecule has 126 valence electrons. The molecule has 0 aromatic carbocycles. The summed E-state index contributed by atoms with van der Waals surface area (Å²) < 4.78 is 1.15. The third kappa shape index (κ3) is 5.91. The van der Waals surface area contributed by atoms with Gasteiger partial charge in [0.1, 0.15) is 5.60 Å². The molecular weight excluding hydrogens is 394 g/mol. The van der Waals surface area contributed by atoms with Gasteiger partial charge in [-0.1, -0.05) is 6.07 Å². The first kappa shape index (κ1) is 18.4. The van der Waals surface area contributed by atoms with Gasteiger partial charge < -0.3 is 15.7 Å². The van der Waals surface area contributed by atoms with Crippen molar-refractivity contribution in [1.29, 1.82) is 0 Å². The van der Waals surface area contributed by atoms with Crippen molar-refractivity contribution < 1.29 is 5.11 Å². The van der Waals surface area contributed by atoms with Gasteiger partial charge >= 0.3 is 0 Å². The largest absolute Gasteiger partial charge is 0.383 e. The number of thiophene rings is 2. The lowest BCUT2D eigenvalue weighted by atomic mass is 10.1. The van der Waals surface area contributed by atoms with Crippen LogP contribution in [0.5, 0.6) is 0 Å². The van der Waals surface area contributed by atoms with Crippen LogP contribution in [0.3, 0.4) is 0 Å². The first-order chi connectivity index (χ1) is 11.0. The molecule has 2 aromatic heterocycles. The average molecular weight is 416 g/mol. The molecule has 0 fully saturated rings. The van der Waals surface area contributed by atoms with Crippen LogP contribution in [0.2, 0.25) is 0 Å². The second-order valence-corrected chi connectivity index (χ2v) is 8.82. The lowest BCUT2D eigenvalue weighted by Crippen LogP contribution is -2.39. The zero-order valence-electron chi connectivity index (χ0n) is 13.3. The summed E-state index contributed by atoms with van der Waals surface area (Å²) in [6.07, 6.45) is 0.946. The Bertz CT molecular complexity index is 623. The van der Waals surface area contributed by atoms with Crippen molar-refractivity contribution >= 4 is 44.6 Å². The SMILES string of the molecule is CCNC(=NCC(C)(O)c1cccs1)NCCc1ccc(Br)s1. The number of nitrogens with one attached hydrogen (secondary N) is 2. The van der Waals surface area contributed by atoms with Crippen molar-refractivity contribution in [3.8, 4) is 0 Å². The van der Waals surface area contributed by atoms with E-state index in [-0.39, 0.29) is 0 Å². The topological polar surface area (TPSA) is 56.7 Å². The maximum Gasteiger partial charge on any atom is 0.191 e. The van der Waals surface area contributed by atoms with E-state index < -0.39 is 5.60 Å². The third-order valence-electron chi connectivity index (χ3n) is 3.23. The molecule has 0 aliphatic heterocycles. The highest BCUT2D eigenvalue weighted by Crippen LogP contribution is 2.25. The van der Waals surface area contributed by atoms with E-state index in [2.05, 4.69) is 43.7 Å². The van der Waals surface area contributed by atoms with Crippen molar-refractivity contribution in [3.05, 3.63) is 43.2 Å². The van der Waals surface area contributed by atoms with Gasteiger partial charge in [-0.05, 0) is 59.8 Å². The van der Waals surface area contributed by atoms with E-state index in [1.807, 2.05) is 24.4 Å². The van der Waals surface area contributed by atoms with Crippen LogP contribution in [-0.4, -0.2) is 30.7 Å². The molecule has 0 aliphatic carbocycles. The maximum absolute atomic E-state index is 10.5. The van der Waals surface area contributed by atoms with E-state index in [9.17, 15) is 5.11 Å². The Morgan fingerprint density at radius 3 is 2.78 bits per heavy atom. The van der Waals surface area contributed by atoms with E-state index in [1.165, 1.54) is 4.88 Å². The summed E-state index contributed by atoms with van der Waals surface area (Å²) in [6, 6.07) is 8.08. The molecule has 4 nitrogen and oxygen atoms in total. The van der Waals surface area contributed by atoms with E-state index in [4.69, 9.17) is 0 Å². The first-order valence-electron chi connectivity index (χ1n) is 7.54. The Hall–Kier alpha value is -0.890. The number of hydrogen-bond acceptors (Lipinski definition) is 4. The number of aliphatic imine (C=N–C) groups is 1. The fraction of sp³-hybridized carbons (Fsp3) is 0.438. The summed E-state index contributed by atoms with van der Waals surface area (Å²) in [7, 11) is 0. The number of hydrogen-bond donors (Lipinski definition) is 3. The Morgan fingerprint density at radius 1 is 1.35 bits per heavy atom. The van der Waals surface area contributed by atoms with Gasteiger partial charge in [-0.15, -0.1) is 22.7 Å². The molecule has 23 heavy (non-hydrogen) atoms. The Balaban J connectivity index is 1.89. The minimum atomic E-state index is -0.935. The van der Waals surface area contributed by atoms with Gasteiger partial charge in [-0.25, -0.2) is 4.99 Å². The van der Waals surface area contributed by atoms with Gasteiger partial charge in [-0.3, -0.25) is 0 Å². The monoisotopic (exact) mass is 415 g/mol. The summed E-state index contributed by atoms with van der Waals surface area (Å²) >= 11 is 6.77. The predicted molar refractivity (Wildman–Crippen MR) is 104 cm³/mol. The van der Waals surface area contributed by atoms with Gasteiger partial charge in [-0.2, -0.15) is 0 Å². The Morgan fingerprint density at radius 2 is 2.17 bits per heavy atom. The highest BCUT2D eigenvalue weighted by molar-refractivity contribution is 9.11. The maximum atomic E-state index is 10.5. The highest BCUT2D eigenvalue weighted by Gasteiger charge is 2.23. The molecule has 2 aromatic rings. The number of nitrogens with zero attached hydrogens (tertiary/aromatic N) is 1. The minimum Gasteiger partial charge on any atom is -0.383 e. The molecule has 2 heterocycles. The lowest BCUT2D eigenvalue weighted by molar-refractivity contribution is 0.0711. The third-order valence-corrected chi connectivity index (χ3v) is 6.04. The van der Waals surface area contributed by atoms with Crippen LogP contribution in [0.4, 0.5) is 0 Å². The second kappa shape index (κ2) is 8.82. The van der Waals surface area contributed by atoms with Gasteiger partial charge in [0.05, 0.1) is 10.3 Å². The molecule has 0 spiro atoms. The van der Waals surface area contributed by atoms with Crippen LogP contribution < -0.4 is 10.6 Å². The fourth-order valence-corrected chi connectivity index (χ4v) is 4.29. The van der Waals surface area contributed by atoms with E-state index in [0.29, 0.717) is 6.54 Å². The highest BCUT2D eigenvalue weighted by atomic mass is 79.9. The summed E-state index contributed by atoms with van der Waals surface area (Å²) in [4.78, 5) is 6.78. The first-order valence-corrected chi connectivity index (χ1v) is 10.0. The molecule has 1 atom stereocenters. The standard InChI is InChI=1S/C16H22BrN3OS2/c1-3-18-15(19-9-8-12-6-7-14(17)23-12)20-11-16(2,21)13-5-4-10-22-13/h4-7,10,21H,3,8-9,11H2,1-2H3,(H2,18,19,20). The molecule has 0 saturated carbocycles. The van der Waals surface area contributed by atoms with Crippen LogP contribution in [0.15, 0.2) is 38.4 Å². The van der Waals surface area contributed by atoms with Crippen molar-refractivity contribution in [2.45, 2.75) is 25.9 Å². The molecule has 0 saturated heterocycles. The summed E-state index contributed by atoms with van der Waals surface area (Å²) in [5.74, 6) is 0.736. The van der Waals surface area contributed by atoms with Gasteiger partial charge in [0, 0.05) is 22.8 Å². The summed E-state index contributed by atoms with van der Waals surface area (Å²) in [6.45, 7) is 5.75. The normalized spacial score (nSPS) is 14.5. The van der Waals surface area contributed by atoms with Crippen LogP contribution in [0.1, 0.15) is 23.6 Å². The summed E-state index contributed by atoms with van der Waals surface area (Å²) in [5.41, 5.74) is -0.935. The fourth-order valence-electron chi connectivity index (χ4n) is 2.03. The molecule has 3 N–H and O–H groups in total. The number of aliphatic hydroxyl groups is 1. The van der Waals surface area contributed by atoms with Crippen LogP contribution in [0, 0.1) is 0 Å². The van der Waals surface area contributed by atoms with Crippen LogP contribution >= 0.6 is 38.6 Å². The van der Waals surface area contributed by atoms with Crippen molar-refractivity contribution in [1.82, 2.24) is 10.6 Å². The lowest BCUT2D eigenvalue weighted by Gasteiger charge is -2.20. The number of guanidine groups is 1. The average Bonchev–Trinajstić information content (AvgIpc) is 3.17. The van der Waals surface area contributed by atoms with Gasteiger partial charge in [0.15, 0.2) is 5.96 Å². The zero-order chi connectivity index (χ0) is 16.7. The second-order valence-electron chi connectivity index (χ2n) is 5.33. The summed E-state index contributed by atoms with van der Waals surface area (Å²) in [5, 5.41) is 19.0. The van der Waals surface area contributed by atoms with E-state index in [0.717, 1.165) is 34.1 Å². The van der Waals surface area contributed by atoms with Crippen LogP contribution in [0.25, 0.3) is 0 Å². The minimum absolute atomic E-state index is 0.327. The number of halogens is 1. The molecular formula is C16H22BrN3OS2. The quantitative estimate of drug-likeness (QED) is 0.478. The molecule has 2 rings (SSSR count). The molecule has 7 heteroatoms. The Kier molecular flexibility index (Phi) is 7.08. The predicted octanol–water partition coefficient (Wildman–Crippen LogP) is 3.58. The molecule has 0 aliphatic rings. The zero-order valence-corrected chi connectivity index (χ0v) is 16.5. The van der Waals surface area contributed by atoms with E-state index >= 15 is 0 Å². The smallest absolute Gasteiger partial charge is 0.191 e. The number of rotatable bonds is 7. The van der Waals surface area contributed by atoms with Gasteiger partial charge in [0.25, 0.3) is 0 Å². The molecule has 1 unspecified atom stereocenters. The molecule has 0 radical (unpaired) electrons. The van der Waals surface area contributed by atoms with Crippen molar-refractivity contribution in [2.75, 3.05) is 19.6 Å². The Labute approximate surface area is 153 Å².